The Morgan fingerprint density at radius 2 is 2.23 bits per heavy atom. The van der Waals surface area contributed by atoms with Gasteiger partial charge in [-0.05, 0) is 25.1 Å². The van der Waals surface area contributed by atoms with Gasteiger partial charge in [-0.25, -0.2) is 4.98 Å². The van der Waals surface area contributed by atoms with Crippen molar-refractivity contribution in [1.82, 2.24) is 9.88 Å². The number of amides is 1. The zero-order chi connectivity index (χ0) is 15.7. The van der Waals surface area contributed by atoms with E-state index in [1.807, 2.05) is 31.2 Å². The fourth-order valence-electron chi connectivity index (χ4n) is 2.21. The van der Waals surface area contributed by atoms with Gasteiger partial charge in [0.25, 0.3) is 5.91 Å². The Morgan fingerprint density at radius 3 is 2.91 bits per heavy atom. The largest absolute Gasteiger partial charge is 0.467 e. The molecule has 2 N–H and O–H groups in total. The number of carbonyl (C=O) groups excluding carboxylic acids is 1. The number of aromatic nitrogens is 1. The first-order chi connectivity index (χ1) is 10.6. The van der Waals surface area contributed by atoms with Crippen LogP contribution in [0.1, 0.15) is 34.1 Å². The number of para-hydroxylation sites is 1. The molecule has 0 fully saturated rings. The molecule has 0 spiro atoms. The van der Waals surface area contributed by atoms with Crippen LogP contribution in [0.4, 0.5) is 0 Å². The minimum Gasteiger partial charge on any atom is -0.467 e. The van der Waals surface area contributed by atoms with Crippen molar-refractivity contribution in [3.63, 3.8) is 0 Å². The lowest BCUT2D eigenvalue weighted by Gasteiger charge is -2.22. The maximum absolute atomic E-state index is 12.5. The molecule has 0 radical (unpaired) electrons. The summed E-state index contributed by atoms with van der Waals surface area (Å²) in [7, 11) is 1.77. The molecule has 0 aliphatic carbocycles. The highest BCUT2D eigenvalue weighted by Gasteiger charge is 2.23. The molecule has 6 heteroatoms. The van der Waals surface area contributed by atoms with Gasteiger partial charge in [0.1, 0.15) is 17.0 Å². The zero-order valence-corrected chi connectivity index (χ0v) is 13.3. The summed E-state index contributed by atoms with van der Waals surface area (Å²) in [6.45, 7) is 2.25. The van der Waals surface area contributed by atoms with Crippen LogP contribution in [0, 0.1) is 0 Å². The number of fused-ring (bicyclic) bond motifs is 1. The third-order valence-corrected chi connectivity index (χ3v) is 4.88. The Labute approximate surface area is 132 Å². The van der Waals surface area contributed by atoms with Crippen molar-refractivity contribution in [2.45, 2.75) is 19.5 Å². The summed E-state index contributed by atoms with van der Waals surface area (Å²) in [6.07, 6.45) is 1.45. The normalized spacial score (nSPS) is 12.5. The molecule has 0 bridgehead atoms. The molecule has 22 heavy (non-hydrogen) atoms. The topological polar surface area (TPSA) is 72.4 Å². The van der Waals surface area contributed by atoms with Gasteiger partial charge in [0.05, 0.1) is 28.4 Å². The van der Waals surface area contributed by atoms with Crippen molar-refractivity contribution in [3.8, 4) is 0 Å². The standard InChI is InChI=1S/C16H17N3O2S/c1-10(15-18-13-5-3-4-6-14(13)22-15)19(2)16(20)11-7-12(8-17)21-9-11/h3-7,9-10H,8,17H2,1-2H3. The molecule has 0 saturated carbocycles. The van der Waals surface area contributed by atoms with E-state index in [0.29, 0.717) is 11.3 Å². The van der Waals surface area contributed by atoms with Gasteiger partial charge in [-0.2, -0.15) is 0 Å². The lowest BCUT2D eigenvalue weighted by atomic mass is 10.2. The first-order valence-electron chi connectivity index (χ1n) is 7.00. The molecular formula is C16H17N3O2S. The van der Waals surface area contributed by atoms with Crippen molar-refractivity contribution in [2.75, 3.05) is 7.05 Å². The van der Waals surface area contributed by atoms with Crippen LogP contribution in [0.3, 0.4) is 0 Å². The van der Waals surface area contributed by atoms with Gasteiger partial charge >= 0.3 is 0 Å². The Balaban J connectivity index is 1.83. The average Bonchev–Trinajstić information content (AvgIpc) is 3.18. The number of carbonyl (C=O) groups is 1. The maximum Gasteiger partial charge on any atom is 0.257 e. The minimum absolute atomic E-state index is 0.102. The first kappa shape index (κ1) is 14.7. The number of nitrogens with zero attached hydrogens (tertiary/aromatic N) is 2. The van der Waals surface area contributed by atoms with E-state index in [4.69, 9.17) is 10.2 Å². The van der Waals surface area contributed by atoms with Gasteiger partial charge < -0.3 is 15.1 Å². The third kappa shape index (κ3) is 2.63. The van der Waals surface area contributed by atoms with Gasteiger partial charge in [0.2, 0.25) is 0 Å². The Hall–Kier alpha value is -2.18. The number of hydrogen-bond donors (Lipinski definition) is 1. The van der Waals surface area contributed by atoms with Gasteiger partial charge in [0.15, 0.2) is 0 Å². The predicted molar refractivity (Wildman–Crippen MR) is 86.7 cm³/mol. The van der Waals surface area contributed by atoms with Crippen LogP contribution in [0.5, 0.6) is 0 Å². The molecule has 5 nitrogen and oxygen atoms in total. The first-order valence-corrected chi connectivity index (χ1v) is 7.82. The Kier molecular flexibility index (Phi) is 3.96. The molecule has 0 saturated heterocycles. The summed E-state index contributed by atoms with van der Waals surface area (Å²) >= 11 is 1.61. The van der Waals surface area contributed by atoms with Crippen molar-refractivity contribution in [3.05, 3.63) is 52.9 Å². The molecule has 1 atom stereocenters. The Morgan fingerprint density at radius 1 is 1.45 bits per heavy atom. The van der Waals surface area contributed by atoms with E-state index in [2.05, 4.69) is 4.98 Å². The van der Waals surface area contributed by atoms with Gasteiger partial charge in [-0.15, -0.1) is 11.3 Å². The van der Waals surface area contributed by atoms with Crippen LogP contribution >= 0.6 is 11.3 Å². The zero-order valence-electron chi connectivity index (χ0n) is 12.4. The highest BCUT2D eigenvalue weighted by atomic mass is 32.1. The molecule has 2 aromatic heterocycles. The summed E-state index contributed by atoms with van der Waals surface area (Å²) in [5.74, 6) is 0.500. The second kappa shape index (κ2) is 5.90. The van der Waals surface area contributed by atoms with Crippen molar-refractivity contribution < 1.29 is 9.21 Å². The molecule has 0 aliphatic rings. The van der Waals surface area contributed by atoms with Gasteiger partial charge in [-0.3, -0.25) is 4.79 Å². The number of benzene rings is 1. The summed E-state index contributed by atoms with van der Waals surface area (Å²) in [6, 6.07) is 9.54. The van der Waals surface area contributed by atoms with E-state index < -0.39 is 0 Å². The number of hydrogen-bond acceptors (Lipinski definition) is 5. The quantitative estimate of drug-likeness (QED) is 0.802. The fraction of sp³-hybridized carbons (Fsp3) is 0.250. The molecule has 1 unspecified atom stereocenters. The summed E-state index contributed by atoms with van der Waals surface area (Å²) in [5.41, 5.74) is 6.98. The monoisotopic (exact) mass is 315 g/mol. The fourth-order valence-corrected chi connectivity index (χ4v) is 3.28. The van der Waals surface area contributed by atoms with Gasteiger partial charge in [0, 0.05) is 7.05 Å². The lowest BCUT2D eigenvalue weighted by molar-refractivity contribution is 0.0742. The van der Waals surface area contributed by atoms with E-state index in [0.717, 1.165) is 15.2 Å². The number of furan rings is 1. The number of rotatable bonds is 4. The van der Waals surface area contributed by atoms with E-state index in [-0.39, 0.29) is 18.5 Å². The van der Waals surface area contributed by atoms with Crippen LogP contribution in [0.25, 0.3) is 10.2 Å². The van der Waals surface area contributed by atoms with Gasteiger partial charge in [-0.1, -0.05) is 12.1 Å². The Bertz CT molecular complexity index is 775. The molecule has 3 rings (SSSR count). The van der Waals surface area contributed by atoms with Crippen LogP contribution < -0.4 is 5.73 Å². The third-order valence-electron chi connectivity index (χ3n) is 3.67. The van der Waals surface area contributed by atoms with E-state index >= 15 is 0 Å². The number of nitrogens with two attached hydrogens (primary N) is 1. The predicted octanol–water partition coefficient (Wildman–Crippen LogP) is 3.18. The SMILES string of the molecule is CC(c1nc2ccccc2s1)N(C)C(=O)c1coc(CN)c1. The molecule has 3 aromatic rings. The second-order valence-corrected chi connectivity index (χ2v) is 6.18. The molecule has 114 valence electrons. The molecule has 1 aromatic carbocycles. The van der Waals surface area contributed by atoms with Crippen molar-refractivity contribution in [2.24, 2.45) is 5.73 Å². The molecule has 2 heterocycles. The summed E-state index contributed by atoms with van der Waals surface area (Å²) in [5, 5.41) is 0.916. The number of thiazole rings is 1. The van der Waals surface area contributed by atoms with Crippen molar-refractivity contribution in [1.29, 1.82) is 0 Å². The average molecular weight is 315 g/mol. The van der Waals surface area contributed by atoms with Crippen molar-refractivity contribution >= 4 is 27.5 Å². The molecular weight excluding hydrogens is 298 g/mol. The lowest BCUT2D eigenvalue weighted by Crippen LogP contribution is -2.29. The maximum atomic E-state index is 12.5. The van der Waals surface area contributed by atoms with Crippen LogP contribution in [-0.4, -0.2) is 22.8 Å². The summed E-state index contributed by atoms with van der Waals surface area (Å²) < 4.78 is 6.36. The van der Waals surface area contributed by atoms with Crippen LogP contribution in [0.2, 0.25) is 0 Å². The van der Waals surface area contributed by atoms with E-state index in [9.17, 15) is 4.79 Å². The van der Waals surface area contributed by atoms with E-state index in [1.165, 1.54) is 6.26 Å². The summed E-state index contributed by atoms with van der Waals surface area (Å²) in [4.78, 5) is 18.8. The second-order valence-electron chi connectivity index (χ2n) is 5.12. The highest BCUT2D eigenvalue weighted by Crippen LogP contribution is 2.29. The smallest absolute Gasteiger partial charge is 0.257 e. The van der Waals surface area contributed by atoms with Crippen LogP contribution in [0.15, 0.2) is 41.0 Å². The van der Waals surface area contributed by atoms with E-state index in [1.54, 1.807) is 29.4 Å². The minimum atomic E-state index is -0.110. The highest BCUT2D eigenvalue weighted by molar-refractivity contribution is 7.18. The van der Waals surface area contributed by atoms with Crippen LogP contribution in [-0.2, 0) is 6.54 Å². The molecule has 0 aliphatic heterocycles. The molecule has 1 amide bonds.